The average molecular weight is 315 g/mol. The Morgan fingerprint density at radius 2 is 2.16 bits per heavy atom. The Hall–Kier alpha value is -0.610. The summed E-state index contributed by atoms with van der Waals surface area (Å²) in [5.74, 6) is 0. The van der Waals surface area contributed by atoms with E-state index in [1.807, 2.05) is 12.3 Å². The van der Waals surface area contributed by atoms with Crippen molar-refractivity contribution in [2.75, 3.05) is 6.54 Å². The highest BCUT2D eigenvalue weighted by Crippen LogP contribution is 2.34. The van der Waals surface area contributed by atoms with Gasteiger partial charge in [0.15, 0.2) is 0 Å². The Labute approximate surface area is 127 Å². The number of nitrogens with one attached hydrogen (secondary N) is 1. The molecule has 0 saturated carbocycles. The Morgan fingerprint density at radius 3 is 2.89 bits per heavy atom. The summed E-state index contributed by atoms with van der Waals surface area (Å²) in [5.41, 5.74) is 0.896. The lowest BCUT2D eigenvalue weighted by atomic mass is 10.2. The zero-order chi connectivity index (χ0) is 13.8. The maximum absolute atomic E-state index is 6.20. The third-order valence-corrected chi connectivity index (χ3v) is 4.59. The fourth-order valence-corrected chi connectivity index (χ4v) is 3.14. The molecule has 0 aliphatic rings. The van der Waals surface area contributed by atoms with Crippen molar-refractivity contribution in [3.8, 4) is 10.6 Å². The molecule has 2 nitrogen and oxygen atoms in total. The zero-order valence-electron chi connectivity index (χ0n) is 10.9. The van der Waals surface area contributed by atoms with Gasteiger partial charge in [-0.15, -0.1) is 11.3 Å². The SMILES string of the molecule is CCCNC(C)c1cnc(-c2cc(Cl)ccc2Cl)s1. The molecular weight excluding hydrogens is 299 g/mol. The highest BCUT2D eigenvalue weighted by Gasteiger charge is 2.12. The highest BCUT2D eigenvalue weighted by atomic mass is 35.5. The van der Waals surface area contributed by atoms with Gasteiger partial charge in [-0.2, -0.15) is 0 Å². The normalized spacial score (nSPS) is 12.6. The van der Waals surface area contributed by atoms with Crippen molar-refractivity contribution >= 4 is 34.5 Å². The minimum Gasteiger partial charge on any atom is -0.309 e. The fourth-order valence-electron chi connectivity index (χ4n) is 1.73. The Bertz CT molecular complexity index is 554. The number of hydrogen-bond donors (Lipinski definition) is 1. The number of hydrogen-bond acceptors (Lipinski definition) is 3. The van der Waals surface area contributed by atoms with E-state index in [1.165, 1.54) is 4.88 Å². The van der Waals surface area contributed by atoms with Crippen LogP contribution in [-0.4, -0.2) is 11.5 Å². The first-order chi connectivity index (χ1) is 9.11. The van der Waals surface area contributed by atoms with E-state index in [-0.39, 0.29) is 0 Å². The van der Waals surface area contributed by atoms with E-state index in [2.05, 4.69) is 24.1 Å². The molecule has 102 valence electrons. The first-order valence-electron chi connectivity index (χ1n) is 6.26. The number of aromatic nitrogens is 1. The molecule has 2 aromatic rings. The maximum atomic E-state index is 6.20. The van der Waals surface area contributed by atoms with Crippen LogP contribution in [0.5, 0.6) is 0 Å². The number of nitrogens with zero attached hydrogens (tertiary/aromatic N) is 1. The third kappa shape index (κ3) is 3.69. The van der Waals surface area contributed by atoms with Crippen LogP contribution in [0.4, 0.5) is 0 Å². The van der Waals surface area contributed by atoms with Crippen molar-refractivity contribution in [2.24, 2.45) is 0 Å². The predicted octanol–water partition coefficient (Wildman–Crippen LogP) is 5.18. The summed E-state index contributed by atoms with van der Waals surface area (Å²) in [5, 5.41) is 5.72. The first-order valence-corrected chi connectivity index (χ1v) is 7.83. The lowest BCUT2D eigenvalue weighted by Crippen LogP contribution is -2.18. The third-order valence-electron chi connectivity index (χ3n) is 2.81. The van der Waals surface area contributed by atoms with E-state index in [1.54, 1.807) is 23.5 Å². The van der Waals surface area contributed by atoms with Crippen LogP contribution in [0.1, 0.15) is 31.2 Å². The van der Waals surface area contributed by atoms with Crippen molar-refractivity contribution in [3.63, 3.8) is 0 Å². The van der Waals surface area contributed by atoms with Gasteiger partial charge in [0.05, 0.1) is 5.02 Å². The molecule has 0 amide bonds. The van der Waals surface area contributed by atoms with Gasteiger partial charge in [0, 0.05) is 27.7 Å². The topological polar surface area (TPSA) is 24.9 Å². The number of thiazole rings is 1. The van der Waals surface area contributed by atoms with E-state index >= 15 is 0 Å². The highest BCUT2D eigenvalue weighted by molar-refractivity contribution is 7.15. The molecule has 1 aromatic carbocycles. The van der Waals surface area contributed by atoms with Crippen LogP contribution in [-0.2, 0) is 0 Å². The molecule has 1 heterocycles. The van der Waals surface area contributed by atoms with Crippen molar-refractivity contribution in [1.29, 1.82) is 0 Å². The van der Waals surface area contributed by atoms with E-state index in [0.717, 1.165) is 23.5 Å². The second-order valence-corrected chi connectivity index (χ2v) is 6.27. The van der Waals surface area contributed by atoms with Crippen molar-refractivity contribution in [1.82, 2.24) is 10.3 Å². The van der Waals surface area contributed by atoms with Gasteiger partial charge in [0.1, 0.15) is 5.01 Å². The zero-order valence-corrected chi connectivity index (χ0v) is 13.2. The van der Waals surface area contributed by atoms with Gasteiger partial charge < -0.3 is 5.32 Å². The summed E-state index contributed by atoms with van der Waals surface area (Å²) in [6, 6.07) is 5.76. The Kier molecular flexibility index (Phi) is 5.22. The second kappa shape index (κ2) is 6.71. The van der Waals surface area contributed by atoms with Gasteiger partial charge in [-0.05, 0) is 38.1 Å². The molecular formula is C14H16Cl2N2S. The van der Waals surface area contributed by atoms with Gasteiger partial charge in [-0.1, -0.05) is 30.1 Å². The van der Waals surface area contributed by atoms with Crippen LogP contribution in [0.25, 0.3) is 10.6 Å². The minimum absolute atomic E-state index is 0.309. The Morgan fingerprint density at radius 1 is 1.37 bits per heavy atom. The van der Waals surface area contributed by atoms with Crippen molar-refractivity contribution < 1.29 is 0 Å². The molecule has 1 atom stereocenters. The van der Waals surface area contributed by atoms with E-state index in [9.17, 15) is 0 Å². The van der Waals surface area contributed by atoms with Crippen LogP contribution in [0.3, 0.4) is 0 Å². The van der Waals surface area contributed by atoms with Gasteiger partial charge in [-0.3, -0.25) is 0 Å². The number of halogens is 2. The van der Waals surface area contributed by atoms with Crippen LogP contribution >= 0.6 is 34.5 Å². The largest absolute Gasteiger partial charge is 0.309 e. The molecule has 0 spiro atoms. The smallest absolute Gasteiger partial charge is 0.125 e. The molecule has 0 fully saturated rings. The number of benzene rings is 1. The molecule has 0 bridgehead atoms. The summed E-state index contributed by atoms with van der Waals surface area (Å²) in [6.07, 6.45) is 3.03. The lowest BCUT2D eigenvalue weighted by molar-refractivity contribution is 0.577. The molecule has 0 aliphatic carbocycles. The van der Waals surface area contributed by atoms with E-state index < -0.39 is 0 Å². The number of rotatable bonds is 5. The van der Waals surface area contributed by atoms with Crippen LogP contribution in [0.2, 0.25) is 10.0 Å². The summed E-state index contributed by atoms with van der Waals surface area (Å²) in [4.78, 5) is 5.66. The quantitative estimate of drug-likeness (QED) is 0.822. The molecule has 5 heteroatoms. The molecule has 1 aromatic heterocycles. The molecule has 0 aliphatic heterocycles. The molecule has 1 unspecified atom stereocenters. The standard InChI is InChI=1S/C14H16Cl2N2S/c1-3-6-17-9(2)13-8-18-14(19-13)11-7-10(15)4-5-12(11)16/h4-5,7-9,17H,3,6H2,1-2H3. The second-order valence-electron chi connectivity index (χ2n) is 4.37. The first kappa shape index (κ1) is 14.8. The molecule has 0 saturated heterocycles. The van der Waals surface area contributed by atoms with Gasteiger partial charge in [-0.25, -0.2) is 4.98 Å². The summed E-state index contributed by atoms with van der Waals surface area (Å²) >= 11 is 13.9. The van der Waals surface area contributed by atoms with Gasteiger partial charge in [0.2, 0.25) is 0 Å². The van der Waals surface area contributed by atoms with Crippen LogP contribution < -0.4 is 5.32 Å². The van der Waals surface area contributed by atoms with Gasteiger partial charge >= 0.3 is 0 Å². The van der Waals surface area contributed by atoms with Crippen molar-refractivity contribution in [2.45, 2.75) is 26.3 Å². The summed E-state index contributed by atoms with van der Waals surface area (Å²) in [6.45, 7) is 5.31. The van der Waals surface area contributed by atoms with Crippen LogP contribution in [0.15, 0.2) is 24.4 Å². The molecule has 0 radical (unpaired) electrons. The van der Waals surface area contributed by atoms with Crippen LogP contribution in [0, 0.1) is 0 Å². The monoisotopic (exact) mass is 314 g/mol. The molecule has 1 N–H and O–H groups in total. The summed E-state index contributed by atoms with van der Waals surface area (Å²) in [7, 11) is 0. The predicted molar refractivity (Wildman–Crippen MR) is 84.3 cm³/mol. The maximum Gasteiger partial charge on any atom is 0.125 e. The van der Waals surface area contributed by atoms with Gasteiger partial charge in [0.25, 0.3) is 0 Å². The molecule has 2 rings (SSSR count). The van der Waals surface area contributed by atoms with Crippen molar-refractivity contribution in [3.05, 3.63) is 39.3 Å². The lowest BCUT2D eigenvalue weighted by Gasteiger charge is -2.09. The fraction of sp³-hybridized carbons (Fsp3) is 0.357. The Balaban J connectivity index is 2.23. The van der Waals surface area contributed by atoms with E-state index in [0.29, 0.717) is 16.1 Å². The molecule has 19 heavy (non-hydrogen) atoms. The van der Waals surface area contributed by atoms with E-state index in [4.69, 9.17) is 23.2 Å². The minimum atomic E-state index is 0.309. The average Bonchev–Trinajstić information content (AvgIpc) is 2.88. The summed E-state index contributed by atoms with van der Waals surface area (Å²) < 4.78 is 0.